The molecule has 1 aliphatic rings. The van der Waals surface area contributed by atoms with E-state index >= 15 is 0 Å². The Balaban J connectivity index is 1.69. The van der Waals surface area contributed by atoms with Crippen molar-refractivity contribution in [3.8, 4) is 0 Å². The van der Waals surface area contributed by atoms with Gasteiger partial charge in [-0.05, 0) is 42.3 Å². The highest BCUT2D eigenvalue weighted by molar-refractivity contribution is 7.89. The maximum atomic E-state index is 14.1. The zero-order chi connectivity index (χ0) is 20.1. The van der Waals surface area contributed by atoms with Gasteiger partial charge in [0.25, 0.3) is 5.91 Å². The van der Waals surface area contributed by atoms with E-state index in [9.17, 15) is 17.6 Å². The molecule has 2 aromatic carbocycles. The van der Waals surface area contributed by atoms with E-state index in [1.165, 1.54) is 10.4 Å². The zero-order valence-electron chi connectivity index (χ0n) is 15.0. The molecule has 0 spiro atoms. The first-order valence-electron chi connectivity index (χ1n) is 8.78. The number of hydrogen-bond donors (Lipinski definition) is 1. The number of carbonyl (C=O) groups excluding carboxylic acids is 1. The molecule has 0 saturated carbocycles. The molecule has 28 heavy (non-hydrogen) atoms. The van der Waals surface area contributed by atoms with Crippen LogP contribution < -0.4 is 5.32 Å². The first-order valence-corrected chi connectivity index (χ1v) is 10.6. The number of amides is 1. The van der Waals surface area contributed by atoms with Gasteiger partial charge in [0.15, 0.2) is 0 Å². The second kappa shape index (κ2) is 9.00. The Morgan fingerprint density at radius 3 is 2.50 bits per heavy atom. The molecule has 3 rings (SSSR count). The summed E-state index contributed by atoms with van der Waals surface area (Å²) in [5.41, 5.74) is 0.666. The van der Waals surface area contributed by atoms with E-state index in [2.05, 4.69) is 5.32 Å². The van der Waals surface area contributed by atoms with Gasteiger partial charge in [-0.25, -0.2) is 12.8 Å². The molecule has 1 N–H and O–H groups in total. The third-order valence-electron chi connectivity index (χ3n) is 4.40. The third-order valence-corrected chi connectivity index (χ3v) is 6.55. The van der Waals surface area contributed by atoms with Crippen LogP contribution in [-0.4, -0.2) is 51.5 Å². The molecule has 1 fully saturated rings. The molecule has 9 heteroatoms. The van der Waals surface area contributed by atoms with Gasteiger partial charge < -0.3 is 10.1 Å². The Morgan fingerprint density at radius 1 is 1.14 bits per heavy atom. The molecule has 0 aromatic heterocycles. The number of morpholine rings is 1. The number of halogens is 2. The standard InChI is InChI=1S/C19H20ClFN2O4S/c20-15-3-1-14(2-4-15)7-8-22-19(24)17-13-16(5-6-18(17)21)28(25,26)23-9-11-27-12-10-23/h1-6,13H,7-12H2,(H,22,24). The Morgan fingerprint density at radius 2 is 1.82 bits per heavy atom. The molecule has 150 valence electrons. The van der Waals surface area contributed by atoms with Gasteiger partial charge in [-0.15, -0.1) is 0 Å². The molecule has 6 nitrogen and oxygen atoms in total. The van der Waals surface area contributed by atoms with Crippen molar-refractivity contribution >= 4 is 27.5 Å². The maximum Gasteiger partial charge on any atom is 0.254 e. The minimum atomic E-state index is -3.81. The van der Waals surface area contributed by atoms with Crippen LogP contribution in [-0.2, 0) is 21.2 Å². The van der Waals surface area contributed by atoms with Gasteiger partial charge in [0.2, 0.25) is 10.0 Å². The topological polar surface area (TPSA) is 75.7 Å². The zero-order valence-corrected chi connectivity index (χ0v) is 16.6. The molecule has 0 unspecified atom stereocenters. The number of sulfonamides is 1. The summed E-state index contributed by atoms with van der Waals surface area (Å²) < 4.78 is 46.0. The van der Waals surface area contributed by atoms with Crippen molar-refractivity contribution in [1.82, 2.24) is 9.62 Å². The molecular weight excluding hydrogens is 407 g/mol. The highest BCUT2D eigenvalue weighted by Crippen LogP contribution is 2.20. The van der Waals surface area contributed by atoms with Crippen molar-refractivity contribution in [2.24, 2.45) is 0 Å². The van der Waals surface area contributed by atoms with Gasteiger partial charge >= 0.3 is 0 Å². The minimum Gasteiger partial charge on any atom is -0.379 e. The number of benzene rings is 2. The SMILES string of the molecule is O=C(NCCc1ccc(Cl)cc1)c1cc(S(=O)(=O)N2CCOCC2)ccc1F. The van der Waals surface area contributed by atoms with Crippen LogP contribution in [0.25, 0.3) is 0 Å². The molecule has 2 aromatic rings. The quantitative estimate of drug-likeness (QED) is 0.770. The van der Waals surface area contributed by atoms with Gasteiger partial charge in [-0.3, -0.25) is 4.79 Å². The van der Waals surface area contributed by atoms with Crippen LogP contribution in [0.5, 0.6) is 0 Å². The molecule has 1 aliphatic heterocycles. The van der Waals surface area contributed by atoms with Crippen molar-refractivity contribution < 1.29 is 22.3 Å². The number of nitrogens with one attached hydrogen (secondary N) is 1. The third kappa shape index (κ3) is 4.88. The summed E-state index contributed by atoms with van der Waals surface area (Å²) in [4.78, 5) is 12.3. The van der Waals surface area contributed by atoms with Gasteiger partial charge in [-0.2, -0.15) is 4.31 Å². The summed E-state index contributed by atoms with van der Waals surface area (Å²) >= 11 is 5.83. The molecule has 1 amide bonds. The van der Waals surface area contributed by atoms with E-state index in [4.69, 9.17) is 16.3 Å². The van der Waals surface area contributed by atoms with Crippen LogP contribution in [0.1, 0.15) is 15.9 Å². The van der Waals surface area contributed by atoms with E-state index in [0.717, 1.165) is 17.7 Å². The summed E-state index contributed by atoms with van der Waals surface area (Å²) in [6.45, 7) is 1.34. The molecule has 1 saturated heterocycles. The second-order valence-corrected chi connectivity index (χ2v) is 8.66. The Bertz CT molecular complexity index is 945. The van der Waals surface area contributed by atoms with Crippen LogP contribution in [0, 0.1) is 5.82 Å². The smallest absolute Gasteiger partial charge is 0.254 e. The summed E-state index contributed by atoms with van der Waals surface area (Å²) in [7, 11) is -3.81. The van der Waals surface area contributed by atoms with Crippen LogP contribution in [0.4, 0.5) is 4.39 Å². The lowest BCUT2D eigenvalue weighted by atomic mass is 10.1. The first-order chi connectivity index (χ1) is 13.4. The number of ether oxygens (including phenoxy) is 1. The lowest BCUT2D eigenvalue weighted by Gasteiger charge is -2.26. The summed E-state index contributed by atoms with van der Waals surface area (Å²) in [5, 5.41) is 3.24. The molecule has 0 aliphatic carbocycles. The minimum absolute atomic E-state index is 0.112. The van der Waals surface area contributed by atoms with Crippen molar-refractivity contribution in [1.29, 1.82) is 0 Å². The Kier molecular flexibility index (Phi) is 6.66. The average molecular weight is 427 g/mol. The highest BCUT2D eigenvalue weighted by atomic mass is 35.5. The van der Waals surface area contributed by atoms with Crippen LogP contribution in [0.3, 0.4) is 0 Å². The largest absolute Gasteiger partial charge is 0.379 e. The number of rotatable bonds is 6. The van der Waals surface area contributed by atoms with E-state index in [-0.39, 0.29) is 30.1 Å². The number of carbonyl (C=O) groups is 1. The van der Waals surface area contributed by atoms with Crippen molar-refractivity contribution in [3.63, 3.8) is 0 Å². The van der Waals surface area contributed by atoms with Crippen LogP contribution >= 0.6 is 11.6 Å². The molecule has 1 heterocycles. The van der Waals surface area contributed by atoms with E-state index in [1.54, 1.807) is 12.1 Å². The van der Waals surface area contributed by atoms with Gasteiger partial charge in [0, 0.05) is 24.7 Å². The van der Waals surface area contributed by atoms with E-state index in [0.29, 0.717) is 24.7 Å². The van der Waals surface area contributed by atoms with Crippen LogP contribution in [0.15, 0.2) is 47.4 Å². The van der Waals surface area contributed by atoms with E-state index in [1.807, 2.05) is 12.1 Å². The average Bonchev–Trinajstić information content (AvgIpc) is 2.70. The fourth-order valence-corrected chi connectivity index (χ4v) is 4.40. The molecular formula is C19H20ClFN2O4S. The van der Waals surface area contributed by atoms with Crippen molar-refractivity contribution in [3.05, 3.63) is 64.4 Å². The normalized spacial score (nSPS) is 15.4. The Hall–Kier alpha value is -2.00. The van der Waals surface area contributed by atoms with Gasteiger partial charge in [-0.1, -0.05) is 23.7 Å². The molecule has 0 bridgehead atoms. The van der Waals surface area contributed by atoms with Gasteiger partial charge in [0.1, 0.15) is 5.82 Å². The lowest BCUT2D eigenvalue weighted by Crippen LogP contribution is -2.40. The first kappa shape index (κ1) is 20.7. The Labute approximate surface area is 168 Å². The maximum absolute atomic E-state index is 14.1. The fraction of sp³-hybridized carbons (Fsp3) is 0.316. The highest BCUT2D eigenvalue weighted by Gasteiger charge is 2.27. The predicted octanol–water partition coefficient (Wildman–Crippen LogP) is 2.47. The summed E-state index contributed by atoms with van der Waals surface area (Å²) in [6, 6.07) is 10.4. The number of nitrogens with zero attached hydrogens (tertiary/aromatic N) is 1. The van der Waals surface area contributed by atoms with Crippen molar-refractivity contribution in [2.75, 3.05) is 32.8 Å². The van der Waals surface area contributed by atoms with Gasteiger partial charge in [0.05, 0.1) is 23.7 Å². The van der Waals surface area contributed by atoms with E-state index < -0.39 is 21.7 Å². The lowest BCUT2D eigenvalue weighted by molar-refractivity contribution is 0.0730. The predicted molar refractivity (Wildman–Crippen MR) is 103 cm³/mol. The summed E-state index contributed by atoms with van der Waals surface area (Å²) in [6.07, 6.45) is 0.538. The fourth-order valence-electron chi connectivity index (χ4n) is 2.84. The second-order valence-electron chi connectivity index (χ2n) is 6.29. The van der Waals surface area contributed by atoms with Crippen LogP contribution in [0.2, 0.25) is 5.02 Å². The number of hydrogen-bond acceptors (Lipinski definition) is 4. The summed E-state index contributed by atoms with van der Waals surface area (Å²) in [5.74, 6) is -1.43. The van der Waals surface area contributed by atoms with Crippen molar-refractivity contribution in [2.45, 2.75) is 11.3 Å². The monoisotopic (exact) mass is 426 g/mol. The molecule has 0 radical (unpaired) electrons. The molecule has 0 atom stereocenters.